The molecule has 0 unspecified atom stereocenters. The van der Waals surface area contributed by atoms with E-state index in [-0.39, 0.29) is 5.97 Å². The summed E-state index contributed by atoms with van der Waals surface area (Å²) in [5.41, 5.74) is 1.24. The average molecular weight is 281 g/mol. The van der Waals surface area contributed by atoms with Crippen molar-refractivity contribution in [1.29, 1.82) is 0 Å². The summed E-state index contributed by atoms with van der Waals surface area (Å²) in [5.74, 6) is -0.366. The van der Waals surface area contributed by atoms with Crippen molar-refractivity contribution in [2.75, 3.05) is 39.6 Å². The molecule has 5 nitrogen and oxygen atoms in total. The number of carbonyl (C=O) groups excluding carboxylic acids is 1. The lowest BCUT2D eigenvalue weighted by molar-refractivity contribution is 0.0601. The summed E-state index contributed by atoms with van der Waals surface area (Å²) in [7, 11) is 5.35. The number of hydrogen-bond donors (Lipinski definition) is 2. The molecule has 0 aliphatic carbocycles. The van der Waals surface area contributed by atoms with Crippen molar-refractivity contribution in [2.24, 2.45) is 0 Å². The molecule has 19 heavy (non-hydrogen) atoms. The van der Waals surface area contributed by atoms with Gasteiger partial charge in [-0.25, -0.2) is 4.79 Å². The molecule has 0 atom stereocenters. The first-order chi connectivity index (χ1) is 9.02. The van der Waals surface area contributed by atoms with Crippen LogP contribution in [0.25, 0.3) is 0 Å². The molecule has 6 heteroatoms. The molecule has 0 aliphatic rings. The van der Waals surface area contributed by atoms with Crippen LogP contribution in [0.5, 0.6) is 0 Å². The van der Waals surface area contributed by atoms with E-state index in [1.807, 2.05) is 20.2 Å². The molecule has 0 amide bonds. The smallest absolute Gasteiger partial charge is 0.337 e. The van der Waals surface area contributed by atoms with E-state index < -0.39 is 0 Å². The Morgan fingerprint density at radius 1 is 1.42 bits per heavy atom. The Hall–Kier alpha value is -1.66. The third-order valence-corrected chi connectivity index (χ3v) is 2.63. The van der Waals surface area contributed by atoms with Crippen molar-refractivity contribution >= 4 is 29.0 Å². The van der Waals surface area contributed by atoms with Gasteiger partial charge in [-0.3, -0.25) is 0 Å². The van der Waals surface area contributed by atoms with Crippen LogP contribution in [0.1, 0.15) is 10.4 Å². The molecular weight excluding hydrogens is 262 g/mol. The van der Waals surface area contributed by atoms with Crippen LogP contribution in [0.15, 0.2) is 24.3 Å². The first-order valence-corrected chi connectivity index (χ1v) is 6.31. The van der Waals surface area contributed by atoms with Crippen LogP contribution in [-0.2, 0) is 4.74 Å². The molecule has 1 aromatic carbocycles. The van der Waals surface area contributed by atoms with Gasteiger partial charge in [0, 0.05) is 18.8 Å². The van der Waals surface area contributed by atoms with Crippen LogP contribution in [0.4, 0.5) is 5.69 Å². The maximum atomic E-state index is 11.4. The van der Waals surface area contributed by atoms with E-state index in [0.29, 0.717) is 10.7 Å². The van der Waals surface area contributed by atoms with Crippen LogP contribution in [0.3, 0.4) is 0 Å². The number of anilines is 1. The van der Waals surface area contributed by atoms with Gasteiger partial charge in [0.15, 0.2) is 5.11 Å². The number of ether oxygens (including phenoxy) is 1. The molecule has 104 valence electrons. The molecule has 0 radical (unpaired) electrons. The number of carbonyl (C=O) groups is 1. The van der Waals surface area contributed by atoms with Gasteiger partial charge in [0.25, 0.3) is 0 Å². The van der Waals surface area contributed by atoms with E-state index >= 15 is 0 Å². The number of methoxy groups -OCH3 is 1. The quantitative estimate of drug-likeness (QED) is 0.627. The van der Waals surface area contributed by atoms with E-state index in [0.717, 1.165) is 18.8 Å². The highest BCUT2D eigenvalue weighted by Crippen LogP contribution is 2.11. The molecule has 0 aromatic heterocycles. The van der Waals surface area contributed by atoms with Crippen LogP contribution in [0, 0.1) is 0 Å². The fraction of sp³-hybridized carbons (Fsp3) is 0.385. The molecule has 1 aromatic rings. The molecular formula is C13H19N3O2S. The van der Waals surface area contributed by atoms with Crippen LogP contribution in [0.2, 0.25) is 0 Å². The number of nitrogens with one attached hydrogen (secondary N) is 2. The summed E-state index contributed by atoms with van der Waals surface area (Å²) < 4.78 is 4.67. The molecule has 1 rings (SSSR count). The summed E-state index contributed by atoms with van der Waals surface area (Å²) in [6, 6.07) is 7.01. The zero-order valence-corrected chi connectivity index (χ0v) is 12.2. The summed E-state index contributed by atoms with van der Waals surface area (Å²) in [4.78, 5) is 13.5. The zero-order chi connectivity index (χ0) is 14.3. The van der Waals surface area contributed by atoms with Gasteiger partial charge in [0.2, 0.25) is 0 Å². The van der Waals surface area contributed by atoms with Gasteiger partial charge in [0.05, 0.1) is 12.7 Å². The summed E-state index contributed by atoms with van der Waals surface area (Å²) in [6.07, 6.45) is 0. The van der Waals surface area contributed by atoms with Crippen molar-refractivity contribution in [1.82, 2.24) is 10.2 Å². The van der Waals surface area contributed by atoms with Crippen molar-refractivity contribution < 1.29 is 9.53 Å². The second-order valence-electron chi connectivity index (χ2n) is 4.26. The largest absolute Gasteiger partial charge is 0.465 e. The second kappa shape index (κ2) is 7.70. The topological polar surface area (TPSA) is 53.6 Å². The van der Waals surface area contributed by atoms with Gasteiger partial charge in [0.1, 0.15) is 0 Å². The number of thiocarbonyl (C=S) groups is 1. The Kier molecular flexibility index (Phi) is 6.24. The van der Waals surface area contributed by atoms with Crippen molar-refractivity contribution in [3.8, 4) is 0 Å². The van der Waals surface area contributed by atoms with Gasteiger partial charge in [-0.1, -0.05) is 6.07 Å². The van der Waals surface area contributed by atoms with Gasteiger partial charge in [-0.15, -0.1) is 0 Å². The van der Waals surface area contributed by atoms with Crippen molar-refractivity contribution in [3.05, 3.63) is 29.8 Å². The molecule has 0 saturated heterocycles. The van der Waals surface area contributed by atoms with Gasteiger partial charge >= 0.3 is 5.97 Å². The molecule has 0 aliphatic heterocycles. The third kappa shape index (κ3) is 5.67. The average Bonchev–Trinajstić information content (AvgIpc) is 2.37. The first-order valence-electron chi connectivity index (χ1n) is 5.91. The van der Waals surface area contributed by atoms with Gasteiger partial charge in [-0.05, 0) is 44.5 Å². The molecule has 2 N–H and O–H groups in total. The predicted molar refractivity (Wildman–Crippen MR) is 80.6 cm³/mol. The Morgan fingerprint density at radius 2 is 2.16 bits per heavy atom. The monoisotopic (exact) mass is 281 g/mol. The summed E-state index contributed by atoms with van der Waals surface area (Å²) >= 11 is 5.17. The number of rotatable bonds is 5. The van der Waals surface area contributed by atoms with Crippen LogP contribution >= 0.6 is 12.2 Å². The second-order valence-corrected chi connectivity index (χ2v) is 4.66. The highest BCUT2D eigenvalue weighted by Gasteiger charge is 2.06. The summed E-state index contributed by atoms with van der Waals surface area (Å²) in [5, 5.41) is 6.65. The molecule has 0 saturated carbocycles. The number of hydrogen-bond acceptors (Lipinski definition) is 4. The number of esters is 1. The Balaban J connectivity index is 2.52. The normalized spacial score (nSPS) is 10.1. The highest BCUT2D eigenvalue weighted by atomic mass is 32.1. The standard InChI is InChI=1S/C13H19N3O2S/c1-16(2)8-7-14-13(19)15-11-6-4-5-10(9-11)12(17)18-3/h4-6,9H,7-8H2,1-3H3,(H2,14,15,19). The minimum absolute atomic E-state index is 0.366. The van der Waals surface area contributed by atoms with E-state index in [2.05, 4.69) is 20.3 Å². The molecule has 0 spiro atoms. The molecule has 0 heterocycles. The molecule has 0 fully saturated rings. The zero-order valence-electron chi connectivity index (χ0n) is 11.4. The van der Waals surface area contributed by atoms with Crippen molar-refractivity contribution in [2.45, 2.75) is 0 Å². The van der Waals surface area contributed by atoms with E-state index in [1.54, 1.807) is 18.2 Å². The van der Waals surface area contributed by atoms with E-state index in [4.69, 9.17) is 12.2 Å². The maximum Gasteiger partial charge on any atom is 0.337 e. The predicted octanol–water partition coefficient (Wildman–Crippen LogP) is 1.32. The number of nitrogens with zero attached hydrogens (tertiary/aromatic N) is 1. The minimum atomic E-state index is -0.366. The lowest BCUT2D eigenvalue weighted by Crippen LogP contribution is -2.34. The Morgan fingerprint density at radius 3 is 2.79 bits per heavy atom. The Labute approximate surface area is 118 Å². The lowest BCUT2D eigenvalue weighted by Gasteiger charge is -2.13. The highest BCUT2D eigenvalue weighted by molar-refractivity contribution is 7.80. The Bertz CT molecular complexity index is 449. The fourth-order valence-corrected chi connectivity index (χ4v) is 1.63. The van der Waals surface area contributed by atoms with E-state index in [1.165, 1.54) is 7.11 Å². The molecule has 0 bridgehead atoms. The van der Waals surface area contributed by atoms with Crippen molar-refractivity contribution in [3.63, 3.8) is 0 Å². The maximum absolute atomic E-state index is 11.4. The first kappa shape index (κ1) is 15.4. The number of benzene rings is 1. The SMILES string of the molecule is COC(=O)c1cccc(NC(=S)NCCN(C)C)c1. The third-order valence-electron chi connectivity index (χ3n) is 2.39. The van der Waals surface area contributed by atoms with E-state index in [9.17, 15) is 4.79 Å². The summed E-state index contributed by atoms with van der Waals surface area (Å²) in [6.45, 7) is 1.65. The van der Waals surface area contributed by atoms with Gasteiger partial charge in [-0.2, -0.15) is 0 Å². The van der Waals surface area contributed by atoms with Crippen LogP contribution in [-0.4, -0.2) is 50.3 Å². The number of likely N-dealkylation sites (N-methyl/N-ethyl adjacent to an activating group) is 1. The van der Waals surface area contributed by atoms with Gasteiger partial charge < -0.3 is 20.3 Å². The minimum Gasteiger partial charge on any atom is -0.465 e. The lowest BCUT2D eigenvalue weighted by atomic mass is 10.2. The fourth-order valence-electron chi connectivity index (χ4n) is 1.41. The van der Waals surface area contributed by atoms with Crippen LogP contribution < -0.4 is 10.6 Å².